The number of fused-ring (bicyclic) bond motifs is 1. The minimum absolute atomic E-state index is 0.165. The number of nitrogens with one attached hydrogen (secondary N) is 2. The molecule has 6 heteroatoms. The van der Waals surface area contributed by atoms with Gasteiger partial charge in [0.2, 0.25) is 5.91 Å². The molecular formula is C14H21N5O. The van der Waals surface area contributed by atoms with Crippen molar-refractivity contribution in [3.8, 4) is 0 Å². The van der Waals surface area contributed by atoms with E-state index in [1.54, 1.807) is 6.20 Å². The smallest absolute Gasteiger partial charge is 0.224 e. The Kier molecular flexibility index (Phi) is 3.82. The lowest BCUT2D eigenvalue weighted by Gasteiger charge is -2.35. The van der Waals surface area contributed by atoms with Crippen LogP contribution < -0.4 is 10.6 Å². The molecule has 0 aliphatic carbocycles. The average molecular weight is 275 g/mol. The van der Waals surface area contributed by atoms with Crippen LogP contribution in [0.5, 0.6) is 0 Å². The molecule has 3 rings (SSSR count). The molecule has 6 nitrogen and oxygen atoms in total. The first-order valence-corrected chi connectivity index (χ1v) is 7.34. The number of hydrogen-bond donors (Lipinski definition) is 2. The topological polar surface area (TPSA) is 70.2 Å². The van der Waals surface area contributed by atoms with Crippen molar-refractivity contribution in [2.45, 2.75) is 32.4 Å². The highest BCUT2D eigenvalue weighted by atomic mass is 16.2. The Balaban J connectivity index is 1.66. The van der Waals surface area contributed by atoms with Crippen LogP contribution in [0.1, 0.15) is 25.5 Å². The van der Waals surface area contributed by atoms with E-state index in [2.05, 4.69) is 25.5 Å². The molecule has 2 N–H and O–H groups in total. The fraction of sp³-hybridized carbons (Fsp3) is 0.643. The zero-order valence-electron chi connectivity index (χ0n) is 11.8. The van der Waals surface area contributed by atoms with E-state index in [-0.39, 0.29) is 11.8 Å². The number of rotatable bonds is 4. The van der Waals surface area contributed by atoms with Crippen molar-refractivity contribution >= 4 is 11.7 Å². The van der Waals surface area contributed by atoms with Crippen molar-refractivity contribution in [2.75, 3.05) is 25.0 Å². The molecule has 2 aliphatic heterocycles. The summed E-state index contributed by atoms with van der Waals surface area (Å²) in [6.07, 6.45) is 5.69. The number of likely N-dealkylation sites (tertiary alicyclic amines) is 1. The lowest BCUT2D eigenvalue weighted by Crippen LogP contribution is -2.45. The van der Waals surface area contributed by atoms with Crippen molar-refractivity contribution < 1.29 is 4.79 Å². The molecule has 20 heavy (non-hydrogen) atoms. The monoisotopic (exact) mass is 275 g/mol. The molecule has 1 amide bonds. The number of amides is 1. The quantitative estimate of drug-likeness (QED) is 0.843. The Morgan fingerprint density at radius 3 is 3.10 bits per heavy atom. The Morgan fingerprint density at radius 2 is 2.35 bits per heavy atom. The van der Waals surface area contributed by atoms with Gasteiger partial charge in [0, 0.05) is 25.7 Å². The molecule has 3 heterocycles. The Morgan fingerprint density at radius 1 is 1.45 bits per heavy atom. The van der Waals surface area contributed by atoms with Crippen LogP contribution in [0.2, 0.25) is 0 Å². The summed E-state index contributed by atoms with van der Waals surface area (Å²) in [6.45, 7) is 5.46. The molecule has 0 spiro atoms. The van der Waals surface area contributed by atoms with E-state index in [9.17, 15) is 4.79 Å². The molecule has 2 saturated heterocycles. The Hall–Kier alpha value is -1.69. The highest BCUT2D eigenvalue weighted by Crippen LogP contribution is 2.28. The summed E-state index contributed by atoms with van der Waals surface area (Å²) in [5.74, 6) is 1.19. The van der Waals surface area contributed by atoms with Crippen LogP contribution in [0.4, 0.5) is 5.82 Å². The number of anilines is 1. The largest absolute Gasteiger partial charge is 0.369 e. The number of carbonyl (C=O) groups is 1. The van der Waals surface area contributed by atoms with Gasteiger partial charge in [-0.3, -0.25) is 14.7 Å². The van der Waals surface area contributed by atoms with Gasteiger partial charge in [-0.2, -0.15) is 0 Å². The summed E-state index contributed by atoms with van der Waals surface area (Å²) in [6, 6.07) is 0.325. The number of aromatic nitrogens is 2. The maximum Gasteiger partial charge on any atom is 0.224 e. The zero-order chi connectivity index (χ0) is 13.9. The molecular weight excluding hydrogens is 254 g/mol. The summed E-state index contributed by atoms with van der Waals surface area (Å²) in [5.41, 5.74) is 0.964. The molecule has 0 saturated carbocycles. The van der Waals surface area contributed by atoms with Gasteiger partial charge in [0.05, 0.1) is 24.0 Å². The molecule has 1 aromatic rings. The molecule has 2 aliphatic rings. The van der Waals surface area contributed by atoms with Crippen LogP contribution in [0.25, 0.3) is 0 Å². The lowest BCUT2D eigenvalue weighted by atomic mass is 9.91. The molecule has 2 fully saturated rings. The van der Waals surface area contributed by atoms with Gasteiger partial charge < -0.3 is 10.6 Å². The van der Waals surface area contributed by atoms with Crippen LogP contribution >= 0.6 is 0 Å². The fourth-order valence-corrected chi connectivity index (χ4v) is 3.15. The minimum Gasteiger partial charge on any atom is -0.369 e. The standard InChI is InChI=1S/C14H21N5O/c1-2-15-13-8-16-10(6-17-13)9-19-5-3-4-11-12(19)7-18-14(11)20/h6,8,11-12H,2-5,7,9H2,1H3,(H,15,17)(H,18,20). The first-order valence-electron chi connectivity index (χ1n) is 7.34. The Bertz CT molecular complexity index is 475. The summed E-state index contributed by atoms with van der Waals surface area (Å²) in [7, 11) is 0. The third kappa shape index (κ3) is 2.60. The highest BCUT2D eigenvalue weighted by Gasteiger charge is 2.40. The van der Waals surface area contributed by atoms with Gasteiger partial charge in [-0.05, 0) is 26.3 Å². The van der Waals surface area contributed by atoms with E-state index in [0.29, 0.717) is 6.04 Å². The van der Waals surface area contributed by atoms with Gasteiger partial charge in [-0.1, -0.05) is 0 Å². The normalized spacial score (nSPS) is 26.1. The first-order chi connectivity index (χ1) is 9.78. The van der Waals surface area contributed by atoms with Crippen LogP contribution in [0.15, 0.2) is 12.4 Å². The summed E-state index contributed by atoms with van der Waals surface area (Å²) in [5, 5.41) is 6.12. The van der Waals surface area contributed by atoms with Crippen molar-refractivity contribution in [2.24, 2.45) is 5.92 Å². The van der Waals surface area contributed by atoms with Gasteiger partial charge in [-0.25, -0.2) is 4.98 Å². The maximum absolute atomic E-state index is 11.7. The van der Waals surface area contributed by atoms with Crippen molar-refractivity contribution in [3.05, 3.63) is 18.1 Å². The van der Waals surface area contributed by atoms with Crippen LogP contribution in [-0.4, -0.2) is 46.5 Å². The number of hydrogen-bond acceptors (Lipinski definition) is 5. The van der Waals surface area contributed by atoms with Gasteiger partial charge in [0.25, 0.3) is 0 Å². The van der Waals surface area contributed by atoms with E-state index in [1.807, 2.05) is 13.1 Å². The predicted molar refractivity (Wildman–Crippen MR) is 76.1 cm³/mol. The first kappa shape index (κ1) is 13.3. The molecule has 2 atom stereocenters. The van der Waals surface area contributed by atoms with Crippen molar-refractivity contribution in [3.63, 3.8) is 0 Å². The number of carbonyl (C=O) groups excluding carboxylic acids is 1. The fourth-order valence-electron chi connectivity index (χ4n) is 3.15. The summed E-state index contributed by atoms with van der Waals surface area (Å²) >= 11 is 0. The van der Waals surface area contributed by atoms with Gasteiger partial charge in [-0.15, -0.1) is 0 Å². The second kappa shape index (κ2) is 5.75. The maximum atomic E-state index is 11.7. The molecule has 108 valence electrons. The van der Waals surface area contributed by atoms with Gasteiger partial charge in [0.15, 0.2) is 0 Å². The molecule has 0 bridgehead atoms. The second-order valence-corrected chi connectivity index (χ2v) is 5.46. The van der Waals surface area contributed by atoms with E-state index < -0.39 is 0 Å². The van der Waals surface area contributed by atoms with E-state index in [0.717, 1.165) is 50.5 Å². The number of piperidine rings is 1. The van der Waals surface area contributed by atoms with E-state index >= 15 is 0 Å². The summed E-state index contributed by atoms with van der Waals surface area (Å²) in [4.78, 5) is 22.9. The second-order valence-electron chi connectivity index (χ2n) is 5.46. The van der Waals surface area contributed by atoms with Crippen LogP contribution in [0.3, 0.4) is 0 Å². The molecule has 0 aromatic carbocycles. The van der Waals surface area contributed by atoms with Gasteiger partial charge in [0.1, 0.15) is 5.82 Å². The minimum atomic E-state index is 0.165. The predicted octanol–water partition coefficient (Wildman–Crippen LogP) is 0.619. The van der Waals surface area contributed by atoms with E-state index in [1.165, 1.54) is 0 Å². The average Bonchev–Trinajstić information content (AvgIpc) is 2.84. The third-order valence-corrected chi connectivity index (χ3v) is 4.14. The highest BCUT2D eigenvalue weighted by molar-refractivity contribution is 5.82. The lowest BCUT2D eigenvalue weighted by molar-refractivity contribution is -0.124. The van der Waals surface area contributed by atoms with Crippen LogP contribution in [-0.2, 0) is 11.3 Å². The molecule has 2 unspecified atom stereocenters. The summed E-state index contributed by atoms with van der Waals surface area (Å²) < 4.78 is 0. The van der Waals surface area contributed by atoms with Crippen LogP contribution in [0, 0.1) is 5.92 Å². The Labute approximate surface area is 119 Å². The third-order valence-electron chi connectivity index (χ3n) is 4.14. The van der Waals surface area contributed by atoms with Crippen molar-refractivity contribution in [1.82, 2.24) is 20.2 Å². The van der Waals surface area contributed by atoms with Crippen molar-refractivity contribution in [1.29, 1.82) is 0 Å². The molecule has 1 aromatic heterocycles. The number of nitrogens with zero attached hydrogens (tertiary/aromatic N) is 3. The SMILES string of the molecule is CCNc1cnc(CN2CCCC3C(=O)NCC32)cn1. The van der Waals surface area contributed by atoms with Gasteiger partial charge >= 0.3 is 0 Å². The van der Waals surface area contributed by atoms with E-state index in [4.69, 9.17) is 0 Å². The zero-order valence-corrected chi connectivity index (χ0v) is 11.8. The molecule has 0 radical (unpaired) electrons.